The van der Waals surface area contributed by atoms with Crippen LogP contribution in [0.25, 0.3) is 0 Å². The Hall–Kier alpha value is -5.65. The zero-order chi connectivity index (χ0) is 33.2. The molecule has 0 saturated carbocycles. The van der Waals surface area contributed by atoms with Gasteiger partial charge in [-0.3, -0.25) is 0 Å². The number of aliphatic hydroxyl groups excluding tert-OH is 2. The van der Waals surface area contributed by atoms with Crippen LogP contribution in [0.2, 0.25) is 0 Å². The first-order chi connectivity index (χ1) is 21.2. The largest absolute Gasteiger partial charge is 0.504 e. The van der Waals surface area contributed by atoms with Crippen molar-refractivity contribution >= 4 is 17.9 Å². The van der Waals surface area contributed by atoms with Crippen LogP contribution in [0.15, 0.2) is 36.4 Å². The van der Waals surface area contributed by atoms with E-state index in [0.717, 1.165) is 36.4 Å². The smallest absolute Gasteiger partial charge is 0.338 e. The second-order valence-electron chi connectivity index (χ2n) is 9.66. The number of carbonyl (C=O) groups is 3. The topological polar surface area (TPSA) is 290 Å². The number of benzene rings is 3. The highest BCUT2D eigenvalue weighted by Crippen LogP contribution is 2.37. The lowest BCUT2D eigenvalue weighted by Gasteiger charge is -2.38. The fraction of sp³-hybridized carbons (Fsp3) is 0.250. The van der Waals surface area contributed by atoms with Crippen LogP contribution in [0.3, 0.4) is 0 Å². The molecule has 0 aliphatic carbocycles. The van der Waals surface area contributed by atoms with Gasteiger partial charge in [0, 0.05) is 5.56 Å². The summed E-state index contributed by atoms with van der Waals surface area (Å²) in [7, 11) is 0. The molecule has 10 N–H and O–H groups in total. The molecule has 1 heterocycles. The second kappa shape index (κ2) is 12.9. The van der Waals surface area contributed by atoms with Crippen molar-refractivity contribution in [3.05, 3.63) is 58.7 Å². The Kier molecular flexibility index (Phi) is 9.26. The van der Waals surface area contributed by atoms with Gasteiger partial charge in [-0.25, -0.2) is 14.4 Å². The Morgan fingerprint density at radius 3 is 1.62 bits per heavy atom. The first-order valence-electron chi connectivity index (χ1n) is 12.8. The summed E-state index contributed by atoms with van der Waals surface area (Å²) >= 11 is 0. The van der Waals surface area contributed by atoms with Gasteiger partial charge in [0.1, 0.15) is 18.8 Å². The summed E-state index contributed by atoms with van der Waals surface area (Å²) in [6, 6.07) is 4.89. The minimum atomic E-state index is -1.89. The summed E-state index contributed by atoms with van der Waals surface area (Å²) in [5, 5.41) is 98.0. The second-order valence-corrected chi connectivity index (χ2v) is 9.66. The Morgan fingerprint density at radius 1 is 0.667 bits per heavy atom. The van der Waals surface area contributed by atoms with Crippen molar-refractivity contribution in [2.24, 2.45) is 0 Å². The van der Waals surface area contributed by atoms with Gasteiger partial charge in [-0.1, -0.05) is 0 Å². The molecule has 240 valence electrons. The van der Waals surface area contributed by atoms with Crippen LogP contribution in [-0.4, -0.2) is 107 Å². The molecule has 17 nitrogen and oxygen atoms in total. The Labute approximate surface area is 251 Å². The molecule has 0 amide bonds. The number of rotatable bonds is 8. The average molecular weight is 634 g/mol. The lowest BCUT2D eigenvalue weighted by molar-refractivity contribution is -0.196. The number of carbonyl (C=O) groups excluding carboxylic acids is 3. The number of phenolic OH excluding ortho intramolecular Hbond substituents is 7. The summed E-state index contributed by atoms with van der Waals surface area (Å²) in [6.45, 7) is -2.09. The van der Waals surface area contributed by atoms with Crippen molar-refractivity contribution < 1.29 is 84.4 Å². The summed E-state index contributed by atoms with van der Waals surface area (Å²) < 4.78 is 21.2. The van der Waals surface area contributed by atoms with E-state index in [1.54, 1.807) is 0 Å². The van der Waals surface area contributed by atoms with Crippen LogP contribution in [0.4, 0.5) is 0 Å². The molecule has 3 aromatic carbocycles. The van der Waals surface area contributed by atoms with Gasteiger partial charge in [0.05, 0.1) is 29.9 Å². The van der Waals surface area contributed by atoms with E-state index in [4.69, 9.17) is 18.9 Å². The van der Waals surface area contributed by atoms with Crippen molar-refractivity contribution in [2.75, 3.05) is 13.2 Å². The van der Waals surface area contributed by atoms with Crippen molar-refractivity contribution in [3.63, 3.8) is 0 Å². The minimum absolute atomic E-state index is 0.250. The quantitative estimate of drug-likeness (QED) is 0.0898. The van der Waals surface area contributed by atoms with Crippen LogP contribution in [0.5, 0.6) is 46.0 Å². The molecule has 4 atom stereocenters. The fourth-order valence-corrected chi connectivity index (χ4v) is 4.23. The molecule has 17 heteroatoms. The van der Waals surface area contributed by atoms with Crippen LogP contribution in [0.1, 0.15) is 36.6 Å². The highest BCUT2D eigenvalue weighted by atomic mass is 16.6. The monoisotopic (exact) mass is 634 g/mol. The van der Waals surface area contributed by atoms with Crippen LogP contribution in [-0.2, 0) is 25.6 Å². The van der Waals surface area contributed by atoms with E-state index in [0.29, 0.717) is 0 Å². The zero-order valence-corrected chi connectivity index (χ0v) is 22.7. The highest BCUT2D eigenvalue weighted by Gasteiger charge is 2.45. The SMILES string of the molecule is O=C(OCC1OCC(OC(=O)c2cc(O)c(O)c(O)c2)C(O)C1OC(=O)c1cc(O)c(O)c(CO)c1)c1cc(O)c(O)c(O)c1. The van der Waals surface area contributed by atoms with Gasteiger partial charge in [-0.05, 0) is 36.4 Å². The number of aliphatic hydroxyl groups is 2. The van der Waals surface area contributed by atoms with E-state index in [-0.39, 0.29) is 5.56 Å². The molecule has 0 radical (unpaired) electrons. The van der Waals surface area contributed by atoms with Gasteiger partial charge in [-0.15, -0.1) is 0 Å². The van der Waals surface area contributed by atoms with Crippen LogP contribution < -0.4 is 0 Å². The molecule has 0 aromatic heterocycles. The first-order valence-corrected chi connectivity index (χ1v) is 12.8. The molecule has 4 rings (SSSR count). The van der Waals surface area contributed by atoms with E-state index in [2.05, 4.69) is 0 Å². The minimum Gasteiger partial charge on any atom is -0.504 e. The van der Waals surface area contributed by atoms with E-state index >= 15 is 0 Å². The van der Waals surface area contributed by atoms with Gasteiger partial charge < -0.3 is 70.0 Å². The molecule has 3 aromatic rings. The lowest BCUT2D eigenvalue weighted by Crippen LogP contribution is -2.57. The lowest BCUT2D eigenvalue weighted by atomic mass is 9.99. The van der Waals surface area contributed by atoms with Crippen molar-refractivity contribution in [2.45, 2.75) is 31.0 Å². The van der Waals surface area contributed by atoms with E-state index in [1.807, 2.05) is 0 Å². The third-order valence-electron chi connectivity index (χ3n) is 6.62. The number of ether oxygens (including phenoxy) is 4. The van der Waals surface area contributed by atoms with Gasteiger partial charge in [0.25, 0.3) is 0 Å². The van der Waals surface area contributed by atoms with Crippen molar-refractivity contribution in [1.29, 1.82) is 0 Å². The number of phenols is 8. The van der Waals surface area contributed by atoms with Gasteiger partial charge in [0.15, 0.2) is 58.2 Å². The van der Waals surface area contributed by atoms with E-state index in [1.165, 1.54) is 0 Å². The van der Waals surface area contributed by atoms with Crippen molar-refractivity contribution in [1.82, 2.24) is 0 Å². The normalized spacial score (nSPS) is 19.4. The molecule has 0 spiro atoms. The molecular formula is C28H26O17. The maximum atomic E-state index is 13.0. The number of aromatic hydroxyl groups is 8. The van der Waals surface area contributed by atoms with E-state index < -0.39 is 125 Å². The molecule has 0 bridgehead atoms. The molecule has 45 heavy (non-hydrogen) atoms. The Morgan fingerprint density at radius 2 is 1.11 bits per heavy atom. The first kappa shape index (κ1) is 32.3. The molecule has 1 saturated heterocycles. The third kappa shape index (κ3) is 6.80. The van der Waals surface area contributed by atoms with Gasteiger partial charge in [0.2, 0.25) is 0 Å². The van der Waals surface area contributed by atoms with Gasteiger partial charge >= 0.3 is 17.9 Å². The molecule has 1 aliphatic heterocycles. The Bertz CT molecular complexity index is 1590. The number of hydrogen-bond acceptors (Lipinski definition) is 17. The molecular weight excluding hydrogens is 608 g/mol. The molecule has 1 aliphatic rings. The average Bonchev–Trinajstić information content (AvgIpc) is 3.00. The summed E-state index contributed by atoms with van der Waals surface area (Å²) in [5.41, 5.74) is -1.51. The Balaban J connectivity index is 1.57. The molecule has 4 unspecified atom stereocenters. The third-order valence-corrected chi connectivity index (χ3v) is 6.62. The zero-order valence-electron chi connectivity index (χ0n) is 22.7. The van der Waals surface area contributed by atoms with E-state index in [9.17, 15) is 65.4 Å². The summed E-state index contributed by atoms with van der Waals surface area (Å²) in [6.07, 6.45) is -6.69. The maximum absolute atomic E-state index is 13.0. The predicted octanol–water partition coefficient (Wildman–Crippen LogP) is 0.191. The number of esters is 3. The predicted molar refractivity (Wildman–Crippen MR) is 143 cm³/mol. The highest BCUT2D eigenvalue weighted by molar-refractivity contribution is 5.92. The van der Waals surface area contributed by atoms with Crippen LogP contribution in [0, 0.1) is 0 Å². The summed E-state index contributed by atoms with van der Waals surface area (Å²) in [4.78, 5) is 38.3. The molecule has 1 fully saturated rings. The maximum Gasteiger partial charge on any atom is 0.338 e. The fourth-order valence-electron chi connectivity index (χ4n) is 4.23. The number of hydrogen-bond donors (Lipinski definition) is 10. The standard InChI is InChI=1S/C28H26O17/c29-7-13-1-10(2-14(30)21(13)35)28(41)45-25-20(9-43-26(39)11-3-15(31)22(36)16(32)4-11)42-8-19(24(25)38)44-27(40)12-5-17(33)23(37)18(34)6-12/h1-6,19-20,24-25,29-38H,7-9H2. The summed E-state index contributed by atoms with van der Waals surface area (Å²) in [5.74, 6) is -10.3. The van der Waals surface area contributed by atoms with Crippen molar-refractivity contribution in [3.8, 4) is 46.0 Å². The van der Waals surface area contributed by atoms with Crippen LogP contribution >= 0.6 is 0 Å². The van der Waals surface area contributed by atoms with Gasteiger partial charge in [-0.2, -0.15) is 0 Å².